The van der Waals surface area contributed by atoms with E-state index < -0.39 is 9.84 Å². The quantitative estimate of drug-likeness (QED) is 0.606. The molecule has 2 nitrogen and oxygen atoms in total. The molecule has 0 aliphatic carbocycles. The summed E-state index contributed by atoms with van der Waals surface area (Å²) in [7, 11) is -3.15. The molecular formula is C9H7O2S. The van der Waals surface area contributed by atoms with Crippen molar-refractivity contribution in [3.8, 4) is 0 Å². The van der Waals surface area contributed by atoms with E-state index >= 15 is 0 Å². The van der Waals surface area contributed by atoms with E-state index in [4.69, 9.17) is 0 Å². The summed E-state index contributed by atoms with van der Waals surface area (Å²) in [6.07, 6.45) is 0. The van der Waals surface area contributed by atoms with E-state index in [-0.39, 0.29) is 0 Å². The summed E-state index contributed by atoms with van der Waals surface area (Å²) in [6.45, 7) is 1.80. The van der Waals surface area contributed by atoms with Gasteiger partial charge in [-0.15, -0.1) is 0 Å². The highest BCUT2D eigenvalue weighted by Crippen LogP contribution is 2.31. The summed E-state index contributed by atoms with van der Waals surface area (Å²) in [5, 5.41) is 1.30. The lowest BCUT2D eigenvalue weighted by molar-refractivity contribution is 0.605. The monoisotopic (exact) mass is 179 g/mol. The Labute approximate surface area is 71.5 Å². The van der Waals surface area contributed by atoms with Crippen LogP contribution in [0.15, 0.2) is 28.5 Å². The van der Waals surface area contributed by atoms with Crippen molar-refractivity contribution in [1.29, 1.82) is 0 Å². The number of hydrogen-bond donors (Lipinski definition) is 0. The van der Waals surface area contributed by atoms with E-state index in [1.807, 2.05) is 0 Å². The van der Waals surface area contributed by atoms with Crippen LogP contribution in [0.3, 0.4) is 0 Å². The number of benzene rings is 1. The second-order valence-corrected chi connectivity index (χ2v) is 4.53. The maximum absolute atomic E-state index is 11.4. The first-order valence-electron chi connectivity index (χ1n) is 3.55. The molecule has 0 N–H and O–H groups in total. The molecule has 0 atom stereocenters. The summed E-state index contributed by atoms with van der Waals surface area (Å²) in [5.41, 5.74) is 1.60. The van der Waals surface area contributed by atoms with Crippen LogP contribution in [-0.4, -0.2) is 8.42 Å². The normalized spacial score (nSPS) is 18.6. The molecule has 1 aromatic rings. The molecule has 0 bridgehead atoms. The Morgan fingerprint density at radius 3 is 2.83 bits per heavy atom. The molecule has 3 heteroatoms. The van der Waals surface area contributed by atoms with Crippen molar-refractivity contribution in [2.24, 2.45) is 0 Å². The van der Waals surface area contributed by atoms with E-state index in [1.165, 1.54) is 11.5 Å². The zero-order valence-electron chi connectivity index (χ0n) is 6.53. The van der Waals surface area contributed by atoms with Gasteiger partial charge in [0.25, 0.3) is 0 Å². The van der Waals surface area contributed by atoms with Gasteiger partial charge in [0.1, 0.15) is 0 Å². The predicted octanol–water partition coefficient (Wildman–Crippen LogP) is 1.63. The number of rotatable bonds is 0. The van der Waals surface area contributed by atoms with E-state index in [0.717, 1.165) is 11.1 Å². The molecule has 1 aromatic carbocycles. The van der Waals surface area contributed by atoms with Crippen LogP contribution < -0.4 is 0 Å². The Balaban J connectivity index is 2.86. The summed E-state index contributed by atoms with van der Waals surface area (Å²) < 4.78 is 22.7. The molecule has 61 valence electrons. The lowest BCUT2D eigenvalue weighted by atomic mass is 10.1. The van der Waals surface area contributed by atoms with Gasteiger partial charge in [-0.3, -0.25) is 0 Å². The third-order valence-corrected chi connectivity index (χ3v) is 3.50. The van der Waals surface area contributed by atoms with Crippen molar-refractivity contribution in [3.63, 3.8) is 0 Å². The van der Waals surface area contributed by atoms with Gasteiger partial charge in [-0.2, -0.15) is 0 Å². The van der Waals surface area contributed by atoms with Crippen LogP contribution in [0.4, 0.5) is 0 Å². The van der Waals surface area contributed by atoms with E-state index in [1.54, 1.807) is 19.1 Å². The number of hydrogen-bond acceptors (Lipinski definition) is 2. The van der Waals surface area contributed by atoms with Crippen molar-refractivity contribution in [2.75, 3.05) is 0 Å². The Bertz CT molecular complexity index is 455. The minimum absolute atomic E-state index is 0.377. The average molecular weight is 179 g/mol. The Morgan fingerprint density at radius 2 is 2.17 bits per heavy atom. The number of fused-ring (bicyclic) bond motifs is 1. The third kappa shape index (κ3) is 0.898. The Kier molecular flexibility index (Phi) is 1.38. The topological polar surface area (TPSA) is 34.1 Å². The SMILES string of the molecule is CC1=CS(=O)(=O)c2c[c]ccc21. The zero-order valence-corrected chi connectivity index (χ0v) is 7.35. The first-order valence-corrected chi connectivity index (χ1v) is 5.10. The van der Waals surface area contributed by atoms with E-state index in [0.29, 0.717) is 4.90 Å². The van der Waals surface area contributed by atoms with Crippen LogP contribution in [0, 0.1) is 6.07 Å². The van der Waals surface area contributed by atoms with E-state index in [9.17, 15) is 8.42 Å². The second kappa shape index (κ2) is 2.20. The van der Waals surface area contributed by atoms with E-state index in [2.05, 4.69) is 6.07 Å². The predicted molar refractivity (Wildman–Crippen MR) is 46.1 cm³/mol. The van der Waals surface area contributed by atoms with Gasteiger partial charge in [0, 0.05) is 5.41 Å². The van der Waals surface area contributed by atoms with Gasteiger partial charge in [0.15, 0.2) is 0 Å². The van der Waals surface area contributed by atoms with Gasteiger partial charge in [0.05, 0.1) is 4.90 Å². The zero-order chi connectivity index (χ0) is 8.77. The Morgan fingerprint density at radius 1 is 1.42 bits per heavy atom. The molecule has 1 radical (unpaired) electrons. The molecule has 0 saturated carbocycles. The molecule has 1 aliphatic heterocycles. The van der Waals surface area contributed by atoms with Gasteiger partial charge in [-0.25, -0.2) is 8.42 Å². The summed E-state index contributed by atoms with van der Waals surface area (Å²) >= 11 is 0. The van der Waals surface area contributed by atoms with Gasteiger partial charge in [0.2, 0.25) is 9.84 Å². The van der Waals surface area contributed by atoms with Gasteiger partial charge >= 0.3 is 0 Å². The molecule has 1 aliphatic rings. The van der Waals surface area contributed by atoms with Gasteiger partial charge in [-0.05, 0) is 30.2 Å². The number of allylic oxidation sites excluding steroid dienone is 1. The van der Waals surface area contributed by atoms with Crippen molar-refractivity contribution in [1.82, 2.24) is 0 Å². The molecule has 0 unspecified atom stereocenters. The molecule has 0 amide bonds. The smallest absolute Gasteiger partial charge is 0.200 e. The van der Waals surface area contributed by atoms with Crippen molar-refractivity contribution in [2.45, 2.75) is 11.8 Å². The molecule has 2 rings (SSSR count). The minimum Gasteiger partial charge on any atom is -0.219 e. The molecule has 0 saturated heterocycles. The highest BCUT2D eigenvalue weighted by atomic mass is 32.2. The second-order valence-electron chi connectivity index (χ2n) is 2.77. The molecule has 0 spiro atoms. The fourth-order valence-corrected chi connectivity index (χ4v) is 2.82. The Hall–Kier alpha value is -1.09. The lowest BCUT2D eigenvalue weighted by Gasteiger charge is -1.96. The van der Waals surface area contributed by atoms with Crippen LogP contribution in [-0.2, 0) is 9.84 Å². The van der Waals surface area contributed by atoms with Crippen LogP contribution in [0.25, 0.3) is 5.57 Å². The molecule has 1 heterocycles. The molecule has 12 heavy (non-hydrogen) atoms. The summed E-state index contributed by atoms with van der Waals surface area (Å²) in [6, 6.07) is 7.76. The third-order valence-electron chi connectivity index (χ3n) is 1.89. The average Bonchev–Trinajstić information content (AvgIpc) is 2.25. The fourth-order valence-electron chi connectivity index (χ4n) is 1.34. The lowest BCUT2D eigenvalue weighted by Crippen LogP contribution is -1.91. The van der Waals surface area contributed by atoms with Crippen molar-refractivity contribution >= 4 is 15.4 Å². The van der Waals surface area contributed by atoms with Gasteiger partial charge in [-0.1, -0.05) is 12.1 Å². The standard InChI is InChI=1S/C9H7O2S/c1-7-6-12(10,11)9-5-3-2-4-8(7)9/h2,4-6H,1H3. The molecule has 0 aromatic heterocycles. The van der Waals surface area contributed by atoms with Gasteiger partial charge < -0.3 is 0 Å². The van der Waals surface area contributed by atoms with Crippen molar-refractivity contribution in [3.05, 3.63) is 35.2 Å². The maximum Gasteiger partial charge on any atom is 0.200 e. The molecule has 0 fully saturated rings. The highest BCUT2D eigenvalue weighted by molar-refractivity contribution is 7.94. The largest absolute Gasteiger partial charge is 0.219 e. The summed E-state index contributed by atoms with van der Waals surface area (Å²) in [5.74, 6) is 0. The molecular weight excluding hydrogens is 172 g/mol. The first-order chi connectivity index (χ1) is 5.61. The fraction of sp³-hybridized carbons (Fsp3) is 0.111. The van der Waals surface area contributed by atoms with Crippen LogP contribution in [0.2, 0.25) is 0 Å². The minimum atomic E-state index is -3.15. The van der Waals surface area contributed by atoms with Crippen LogP contribution in [0.1, 0.15) is 12.5 Å². The summed E-state index contributed by atoms with van der Waals surface area (Å²) in [4.78, 5) is 0.377. The maximum atomic E-state index is 11.4. The first kappa shape index (κ1) is 7.55. The van der Waals surface area contributed by atoms with Crippen molar-refractivity contribution < 1.29 is 8.42 Å². The number of sulfone groups is 1. The van der Waals surface area contributed by atoms with Crippen LogP contribution in [0.5, 0.6) is 0 Å². The highest BCUT2D eigenvalue weighted by Gasteiger charge is 2.23. The van der Waals surface area contributed by atoms with Crippen LogP contribution >= 0.6 is 0 Å².